The maximum atomic E-state index is 5.97. The highest BCUT2D eigenvalue weighted by molar-refractivity contribution is 6.70. The van der Waals surface area contributed by atoms with Crippen molar-refractivity contribution in [3.63, 3.8) is 0 Å². The van der Waals surface area contributed by atoms with E-state index in [1.807, 2.05) is 44.2 Å². The summed E-state index contributed by atoms with van der Waals surface area (Å²) in [6.45, 7) is 10.1. The lowest BCUT2D eigenvalue weighted by atomic mass is 10.2. The molecule has 1 heterocycles. The van der Waals surface area contributed by atoms with Crippen molar-refractivity contribution in [1.29, 1.82) is 0 Å². The number of rotatable bonds is 3. The van der Waals surface area contributed by atoms with Crippen molar-refractivity contribution in [1.82, 2.24) is 0 Å². The van der Waals surface area contributed by atoms with Gasteiger partial charge in [-0.2, -0.15) is 0 Å². The molecule has 1 aliphatic rings. The molecule has 0 amide bonds. The zero-order valence-electron chi connectivity index (χ0n) is 11.6. The van der Waals surface area contributed by atoms with E-state index in [2.05, 4.69) is 19.6 Å². The Labute approximate surface area is 110 Å². The van der Waals surface area contributed by atoms with Crippen molar-refractivity contribution in [3.05, 3.63) is 41.8 Å². The largest absolute Gasteiger partial charge is 0.517 e. The summed E-state index contributed by atoms with van der Waals surface area (Å²) in [7, 11) is -1.72. The monoisotopic (exact) mass is 264 g/mol. The third-order valence-corrected chi connectivity index (χ3v) is 3.10. The highest BCUT2D eigenvalue weighted by atomic mass is 28.4. The summed E-state index contributed by atoms with van der Waals surface area (Å²) in [5.41, 5.74) is 0.983. The first-order valence-electron chi connectivity index (χ1n) is 6.14. The molecule has 0 fully saturated rings. The highest BCUT2D eigenvalue weighted by Gasteiger charge is 2.38. The molecular weight excluding hydrogens is 244 g/mol. The molecule has 98 valence electrons. The standard InChI is InChI=1S/C14H20O3Si/c1-14(2)15-12(11-9-7-6-8-10-11)13(16-14)17-18(3,4)5/h6-10H,1-5H3. The highest BCUT2D eigenvalue weighted by Crippen LogP contribution is 2.37. The molecule has 4 heteroatoms. The van der Waals surface area contributed by atoms with Gasteiger partial charge in [0.2, 0.25) is 19.9 Å². The van der Waals surface area contributed by atoms with Gasteiger partial charge in [0.15, 0.2) is 0 Å². The van der Waals surface area contributed by atoms with Gasteiger partial charge >= 0.3 is 5.95 Å². The Bertz CT molecular complexity index is 458. The third kappa shape index (κ3) is 3.07. The summed E-state index contributed by atoms with van der Waals surface area (Å²) in [6.07, 6.45) is 0. The fraction of sp³-hybridized carbons (Fsp3) is 0.429. The maximum Gasteiger partial charge on any atom is 0.313 e. The van der Waals surface area contributed by atoms with Crippen molar-refractivity contribution in [2.45, 2.75) is 39.3 Å². The van der Waals surface area contributed by atoms with Gasteiger partial charge in [-0.05, 0) is 19.6 Å². The molecule has 1 aromatic rings. The molecule has 0 N–H and O–H groups in total. The van der Waals surface area contributed by atoms with E-state index in [0.717, 1.165) is 5.56 Å². The van der Waals surface area contributed by atoms with Crippen LogP contribution in [0.2, 0.25) is 19.6 Å². The van der Waals surface area contributed by atoms with Gasteiger partial charge in [0.25, 0.3) is 0 Å². The second-order valence-electron chi connectivity index (χ2n) is 5.80. The fourth-order valence-electron chi connectivity index (χ4n) is 1.69. The van der Waals surface area contributed by atoms with Crippen LogP contribution < -0.4 is 0 Å². The summed E-state index contributed by atoms with van der Waals surface area (Å²) in [5, 5.41) is 0. The van der Waals surface area contributed by atoms with Crippen LogP contribution >= 0.6 is 0 Å². The molecule has 0 radical (unpaired) electrons. The minimum Gasteiger partial charge on any atom is -0.517 e. The molecule has 1 aromatic carbocycles. The molecule has 0 saturated carbocycles. The molecule has 0 bridgehead atoms. The molecule has 3 nitrogen and oxygen atoms in total. The first kappa shape index (κ1) is 13.0. The van der Waals surface area contributed by atoms with Gasteiger partial charge in [0.1, 0.15) is 0 Å². The fourth-order valence-corrected chi connectivity index (χ4v) is 2.38. The van der Waals surface area contributed by atoms with E-state index >= 15 is 0 Å². The molecule has 18 heavy (non-hydrogen) atoms. The Balaban J connectivity index is 2.35. The van der Waals surface area contributed by atoms with Gasteiger partial charge < -0.3 is 13.9 Å². The first-order chi connectivity index (χ1) is 8.27. The summed E-state index contributed by atoms with van der Waals surface area (Å²) in [6, 6.07) is 9.91. The minimum absolute atomic E-state index is 0.519. The lowest BCUT2D eigenvalue weighted by Gasteiger charge is -2.22. The average Bonchev–Trinajstić information content (AvgIpc) is 2.52. The van der Waals surface area contributed by atoms with Crippen molar-refractivity contribution in [2.75, 3.05) is 0 Å². The topological polar surface area (TPSA) is 27.7 Å². The van der Waals surface area contributed by atoms with E-state index in [-0.39, 0.29) is 0 Å². The van der Waals surface area contributed by atoms with Crippen molar-refractivity contribution >= 4 is 14.1 Å². The quantitative estimate of drug-likeness (QED) is 0.774. The SMILES string of the molecule is CC1(C)OC(O[Si](C)(C)C)=C(c2ccccc2)O1. The van der Waals surface area contributed by atoms with Crippen LogP contribution in [0.5, 0.6) is 0 Å². The van der Waals surface area contributed by atoms with E-state index in [1.54, 1.807) is 0 Å². The lowest BCUT2D eigenvalue weighted by Crippen LogP contribution is -2.27. The van der Waals surface area contributed by atoms with Crippen LogP contribution in [-0.2, 0) is 13.9 Å². The molecule has 1 aliphatic heterocycles. The van der Waals surface area contributed by atoms with Crippen LogP contribution in [0, 0.1) is 0 Å². The number of hydrogen-bond acceptors (Lipinski definition) is 3. The molecule has 0 spiro atoms. The molecule has 0 saturated heterocycles. The maximum absolute atomic E-state index is 5.97. The van der Waals surface area contributed by atoms with Gasteiger partial charge in [-0.15, -0.1) is 0 Å². The molecule has 0 unspecified atom stereocenters. The van der Waals surface area contributed by atoms with E-state index in [0.29, 0.717) is 11.7 Å². The van der Waals surface area contributed by atoms with Crippen molar-refractivity contribution in [3.8, 4) is 0 Å². The molecule has 0 aliphatic carbocycles. The van der Waals surface area contributed by atoms with Crippen molar-refractivity contribution in [2.24, 2.45) is 0 Å². The Morgan fingerprint density at radius 3 is 2.17 bits per heavy atom. The summed E-state index contributed by atoms with van der Waals surface area (Å²) in [4.78, 5) is 0. The lowest BCUT2D eigenvalue weighted by molar-refractivity contribution is -0.128. The van der Waals surface area contributed by atoms with E-state index in [9.17, 15) is 0 Å². The van der Waals surface area contributed by atoms with Crippen LogP contribution in [-0.4, -0.2) is 14.1 Å². The van der Waals surface area contributed by atoms with Gasteiger partial charge in [-0.25, -0.2) is 0 Å². The van der Waals surface area contributed by atoms with Gasteiger partial charge in [-0.3, -0.25) is 0 Å². The number of hydrogen-bond donors (Lipinski definition) is 0. The average molecular weight is 264 g/mol. The Morgan fingerprint density at radius 2 is 1.61 bits per heavy atom. The van der Waals surface area contributed by atoms with Crippen LogP contribution in [0.1, 0.15) is 19.4 Å². The molecule has 2 rings (SSSR count). The predicted octanol–water partition coefficient (Wildman–Crippen LogP) is 3.95. The van der Waals surface area contributed by atoms with Crippen LogP contribution in [0.4, 0.5) is 0 Å². The predicted molar refractivity (Wildman–Crippen MR) is 74.0 cm³/mol. The van der Waals surface area contributed by atoms with Gasteiger partial charge in [0.05, 0.1) is 0 Å². The normalized spacial score (nSPS) is 18.3. The first-order valence-corrected chi connectivity index (χ1v) is 9.54. The van der Waals surface area contributed by atoms with Gasteiger partial charge in [0, 0.05) is 19.4 Å². The third-order valence-electron chi connectivity index (χ3n) is 2.31. The molecule has 0 atom stereocenters. The Hall–Kier alpha value is -1.42. The van der Waals surface area contributed by atoms with Crippen molar-refractivity contribution < 1.29 is 13.9 Å². The van der Waals surface area contributed by atoms with Crippen LogP contribution in [0.15, 0.2) is 36.3 Å². The smallest absolute Gasteiger partial charge is 0.313 e. The zero-order chi connectivity index (χ0) is 13.4. The molecular formula is C14H20O3Si. The zero-order valence-corrected chi connectivity index (χ0v) is 12.6. The van der Waals surface area contributed by atoms with Gasteiger partial charge in [-0.1, -0.05) is 30.3 Å². The summed E-state index contributed by atoms with van der Waals surface area (Å²) in [5.74, 6) is 0.550. The Morgan fingerprint density at radius 1 is 1.00 bits per heavy atom. The van der Waals surface area contributed by atoms with E-state index < -0.39 is 14.1 Å². The second kappa shape index (κ2) is 4.35. The number of benzene rings is 1. The summed E-state index contributed by atoms with van der Waals surface area (Å²) < 4.78 is 17.6. The summed E-state index contributed by atoms with van der Waals surface area (Å²) >= 11 is 0. The molecule has 0 aromatic heterocycles. The minimum atomic E-state index is -1.72. The van der Waals surface area contributed by atoms with E-state index in [4.69, 9.17) is 13.9 Å². The second-order valence-corrected chi connectivity index (χ2v) is 10.2. The number of ether oxygens (including phenoxy) is 2. The Kier molecular flexibility index (Phi) is 3.15. The van der Waals surface area contributed by atoms with E-state index in [1.165, 1.54) is 0 Å². The van der Waals surface area contributed by atoms with Crippen LogP contribution in [0.3, 0.4) is 0 Å². The van der Waals surface area contributed by atoms with Crippen LogP contribution in [0.25, 0.3) is 5.76 Å².